The molecular formula is C14H26Fe. The summed E-state index contributed by atoms with van der Waals surface area (Å²) in [5.74, 6) is 3.39. The first-order valence-corrected chi connectivity index (χ1v) is 5.39. The van der Waals surface area contributed by atoms with Crippen LogP contribution in [0.4, 0.5) is 0 Å². The van der Waals surface area contributed by atoms with E-state index in [1.165, 1.54) is 57.8 Å². The minimum absolute atomic E-state index is 0. The van der Waals surface area contributed by atoms with Gasteiger partial charge in [-0.1, -0.05) is 44.9 Å². The van der Waals surface area contributed by atoms with Gasteiger partial charge in [-0.2, -0.15) is 0 Å². The molecule has 0 aliphatic heterocycles. The van der Waals surface area contributed by atoms with Gasteiger partial charge >= 0.3 is 17.1 Å². The van der Waals surface area contributed by atoms with Gasteiger partial charge in [0.25, 0.3) is 0 Å². The molecule has 0 aromatic heterocycles. The third-order valence-electron chi connectivity index (χ3n) is 2.84. The van der Waals surface area contributed by atoms with E-state index in [2.05, 4.69) is 5.92 Å². The van der Waals surface area contributed by atoms with Crippen molar-refractivity contribution >= 4 is 0 Å². The molecule has 0 bridgehead atoms. The van der Waals surface area contributed by atoms with Crippen molar-refractivity contribution in [2.75, 3.05) is 0 Å². The summed E-state index contributed by atoms with van der Waals surface area (Å²) in [5, 5.41) is 0. The Morgan fingerprint density at radius 2 is 1.07 bits per heavy atom. The summed E-state index contributed by atoms with van der Waals surface area (Å²) in [4.78, 5) is 0. The summed E-state index contributed by atoms with van der Waals surface area (Å²) in [6.07, 6.45) is 17.9. The molecule has 0 nitrogen and oxygen atoms in total. The second kappa shape index (κ2) is 14.1. The van der Waals surface area contributed by atoms with Gasteiger partial charge in [-0.05, 0) is 12.8 Å². The fourth-order valence-corrected chi connectivity index (χ4v) is 1.98. The van der Waals surface area contributed by atoms with Crippen molar-refractivity contribution in [2.45, 2.75) is 57.8 Å². The van der Waals surface area contributed by atoms with Crippen LogP contribution < -0.4 is 0 Å². The van der Waals surface area contributed by atoms with Crippen LogP contribution in [0.1, 0.15) is 57.8 Å². The average Bonchev–Trinajstić information content (AvgIpc) is 2.81. The smallest absolute Gasteiger partial charge is 0.358 e. The van der Waals surface area contributed by atoms with Crippen LogP contribution in [-0.4, -0.2) is 0 Å². The van der Waals surface area contributed by atoms with Crippen molar-refractivity contribution in [2.24, 2.45) is 5.92 Å². The molecule has 0 amide bonds. The largest absolute Gasteiger partial charge is 2.00 e. The number of hydrogen-bond acceptors (Lipinski definition) is 0. The van der Waals surface area contributed by atoms with Crippen molar-refractivity contribution in [3.05, 3.63) is 14.9 Å². The van der Waals surface area contributed by atoms with E-state index in [1.807, 2.05) is 0 Å². The Balaban J connectivity index is -0.000000165. The van der Waals surface area contributed by atoms with Crippen LogP contribution in [0, 0.1) is 33.1 Å². The van der Waals surface area contributed by atoms with Gasteiger partial charge in [0, 0.05) is 5.92 Å². The van der Waals surface area contributed by atoms with Crippen LogP contribution in [0.5, 0.6) is 0 Å². The van der Waals surface area contributed by atoms with Crippen LogP contribution in [0.25, 0.3) is 0 Å². The van der Waals surface area contributed by atoms with Crippen molar-refractivity contribution in [3.8, 4) is 12.3 Å². The molecule has 0 N–H and O–H groups in total. The van der Waals surface area contributed by atoms with E-state index in [9.17, 15) is 0 Å². The zero-order valence-electron chi connectivity index (χ0n) is 10.4. The predicted octanol–water partition coefficient (Wildman–Crippen LogP) is 4.66. The van der Waals surface area contributed by atoms with Gasteiger partial charge in [0.1, 0.15) is 0 Å². The molecule has 0 unspecified atom stereocenters. The first-order chi connectivity index (χ1) is 5.93. The maximum absolute atomic E-state index is 5.18. The molecule has 90 valence electrons. The molecule has 0 atom stereocenters. The number of terminal acetylenes is 1. The first-order valence-electron chi connectivity index (χ1n) is 5.39. The van der Waals surface area contributed by atoms with Crippen LogP contribution in [0.15, 0.2) is 0 Å². The summed E-state index contributed by atoms with van der Waals surface area (Å²) in [5.41, 5.74) is 0. The monoisotopic (exact) mass is 250 g/mol. The van der Waals surface area contributed by atoms with Crippen LogP contribution in [0.3, 0.4) is 0 Å². The molecule has 2 aliphatic carbocycles. The Morgan fingerprint density at radius 3 is 1.27 bits per heavy atom. The molecule has 0 heterocycles. The quantitative estimate of drug-likeness (QED) is 0.333. The number of rotatable bonds is 0. The average molecular weight is 250 g/mol. The molecule has 1 heteroatoms. The third kappa shape index (κ3) is 10.4. The van der Waals surface area contributed by atoms with Crippen LogP contribution in [0.2, 0.25) is 0 Å². The Morgan fingerprint density at radius 1 is 0.733 bits per heavy atom. The molecule has 0 radical (unpaired) electrons. The Hall–Kier alpha value is 0.0795. The van der Waals surface area contributed by atoms with Crippen molar-refractivity contribution in [3.63, 3.8) is 0 Å². The minimum Gasteiger partial charge on any atom is -0.358 e. The second-order valence-corrected chi connectivity index (χ2v) is 3.92. The van der Waals surface area contributed by atoms with Gasteiger partial charge in [0.05, 0.1) is 0 Å². The number of hydrogen-bond donors (Lipinski definition) is 0. The fraction of sp³-hybridized carbons (Fsp3) is 0.714. The zero-order valence-corrected chi connectivity index (χ0v) is 11.5. The SMILES string of the molecule is C#CC1CCCC1.C1CCCC1.[CH3-].[CH3-].[Fe+2]. The normalized spacial score (nSPS) is 18.3. The van der Waals surface area contributed by atoms with E-state index in [1.54, 1.807) is 0 Å². The summed E-state index contributed by atoms with van der Waals surface area (Å²) in [6, 6.07) is 0. The summed E-state index contributed by atoms with van der Waals surface area (Å²) in [6.45, 7) is 0. The van der Waals surface area contributed by atoms with Gasteiger partial charge in [0.15, 0.2) is 0 Å². The standard InChI is InChI=1S/C7H10.C5H10.2CH3.Fe/c1-2-7-5-3-4-6-7;1-2-4-5-3-1;;;/h1,7H,3-6H2;1-5H2;2*1H3;/q;;2*-1;+2. The fourth-order valence-electron chi connectivity index (χ4n) is 1.98. The van der Waals surface area contributed by atoms with E-state index in [4.69, 9.17) is 6.42 Å². The first kappa shape index (κ1) is 20.5. The predicted molar refractivity (Wildman–Crippen MR) is 66.7 cm³/mol. The van der Waals surface area contributed by atoms with Crippen molar-refractivity contribution < 1.29 is 17.1 Å². The molecule has 0 spiro atoms. The topological polar surface area (TPSA) is 0 Å². The zero-order chi connectivity index (χ0) is 8.65. The van der Waals surface area contributed by atoms with Gasteiger partial charge in [-0.3, -0.25) is 0 Å². The maximum Gasteiger partial charge on any atom is 2.00 e. The van der Waals surface area contributed by atoms with Crippen LogP contribution in [-0.2, 0) is 17.1 Å². The molecule has 0 saturated heterocycles. The van der Waals surface area contributed by atoms with Crippen molar-refractivity contribution in [1.29, 1.82) is 0 Å². The van der Waals surface area contributed by atoms with E-state index >= 15 is 0 Å². The van der Waals surface area contributed by atoms with Gasteiger partial charge in [-0.15, -0.1) is 12.3 Å². The van der Waals surface area contributed by atoms with Crippen molar-refractivity contribution in [1.82, 2.24) is 0 Å². The molecular weight excluding hydrogens is 224 g/mol. The summed E-state index contributed by atoms with van der Waals surface area (Å²) < 4.78 is 0. The molecule has 15 heavy (non-hydrogen) atoms. The second-order valence-electron chi connectivity index (χ2n) is 3.92. The Bertz CT molecular complexity index is 128. The Kier molecular flexibility index (Phi) is 19.2. The maximum atomic E-state index is 5.18. The molecule has 2 rings (SSSR count). The van der Waals surface area contributed by atoms with E-state index in [0.29, 0.717) is 5.92 Å². The molecule has 2 aliphatic rings. The third-order valence-corrected chi connectivity index (χ3v) is 2.84. The molecule has 2 saturated carbocycles. The Labute approximate surface area is 108 Å². The van der Waals surface area contributed by atoms with Crippen LogP contribution >= 0.6 is 0 Å². The minimum atomic E-state index is 0. The van der Waals surface area contributed by atoms with Gasteiger partial charge in [0.2, 0.25) is 0 Å². The van der Waals surface area contributed by atoms with Gasteiger partial charge < -0.3 is 14.9 Å². The van der Waals surface area contributed by atoms with E-state index in [0.717, 1.165) is 0 Å². The molecule has 2 fully saturated rings. The molecule has 0 aromatic carbocycles. The summed E-state index contributed by atoms with van der Waals surface area (Å²) >= 11 is 0. The van der Waals surface area contributed by atoms with Gasteiger partial charge in [-0.25, -0.2) is 0 Å². The summed E-state index contributed by atoms with van der Waals surface area (Å²) in [7, 11) is 0. The van der Waals surface area contributed by atoms with E-state index in [-0.39, 0.29) is 31.9 Å². The van der Waals surface area contributed by atoms with E-state index < -0.39 is 0 Å². The molecule has 0 aromatic rings.